The van der Waals surface area contributed by atoms with Crippen LogP contribution in [0.25, 0.3) is 0 Å². The Labute approximate surface area is 308 Å². The van der Waals surface area contributed by atoms with E-state index in [1.54, 1.807) is 4.90 Å². The quantitative estimate of drug-likeness (QED) is 0.163. The van der Waals surface area contributed by atoms with Crippen molar-refractivity contribution in [1.82, 2.24) is 15.5 Å². The Morgan fingerprint density at radius 3 is 2.17 bits per heavy atom. The molecule has 0 spiro atoms. The average Bonchev–Trinajstić information content (AvgIpc) is 3.13. The third-order valence-electron chi connectivity index (χ3n) is 9.15. The van der Waals surface area contributed by atoms with Crippen molar-refractivity contribution in [3.63, 3.8) is 0 Å². The van der Waals surface area contributed by atoms with Gasteiger partial charge in [-0.15, -0.1) is 0 Å². The highest BCUT2D eigenvalue weighted by molar-refractivity contribution is 5.93. The number of carbonyl (C=O) groups is 3. The molecule has 288 valence electrons. The Hall–Kier alpha value is -3.59. The molecule has 4 N–H and O–H groups in total. The first kappa shape index (κ1) is 41.2. The van der Waals surface area contributed by atoms with E-state index < -0.39 is 23.4 Å². The summed E-state index contributed by atoms with van der Waals surface area (Å²) >= 11 is 0. The van der Waals surface area contributed by atoms with E-state index in [0.717, 1.165) is 36.0 Å². The number of amides is 3. The minimum atomic E-state index is -0.878. The number of aryl methyl sites for hydroxylation is 1. The van der Waals surface area contributed by atoms with E-state index in [-0.39, 0.29) is 31.0 Å². The lowest BCUT2D eigenvalue weighted by atomic mass is 9.84. The van der Waals surface area contributed by atoms with Crippen molar-refractivity contribution in [2.45, 2.75) is 71.1 Å². The molecule has 0 bridgehead atoms. The Morgan fingerprint density at radius 2 is 1.52 bits per heavy atom. The molecule has 0 fully saturated rings. The summed E-state index contributed by atoms with van der Waals surface area (Å²) in [4.78, 5) is 42.9. The molecule has 1 aliphatic carbocycles. The van der Waals surface area contributed by atoms with Gasteiger partial charge in [0.25, 0.3) is 0 Å². The number of carbonyl (C=O) groups excluding carboxylic acids is 3. The van der Waals surface area contributed by atoms with E-state index in [2.05, 4.69) is 22.8 Å². The second-order valence-corrected chi connectivity index (χ2v) is 14.2. The van der Waals surface area contributed by atoms with E-state index in [9.17, 15) is 14.4 Å². The van der Waals surface area contributed by atoms with Gasteiger partial charge in [-0.2, -0.15) is 0 Å². The van der Waals surface area contributed by atoms with Crippen LogP contribution in [0.2, 0.25) is 0 Å². The summed E-state index contributed by atoms with van der Waals surface area (Å²) in [6.07, 6.45) is 3.11. The van der Waals surface area contributed by atoms with Gasteiger partial charge in [0.1, 0.15) is 31.0 Å². The Balaban J connectivity index is 1.37. The van der Waals surface area contributed by atoms with Gasteiger partial charge in [-0.25, -0.2) is 0 Å². The van der Waals surface area contributed by atoms with Crippen molar-refractivity contribution in [3.8, 4) is 5.75 Å². The van der Waals surface area contributed by atoms with Gasteiger partial charge < -0.3 is 49.7 Å². The van der Waals surface area contributed by atoms with Crippen LogP contribution in [0.1, 0.15) is 61.9 Å². The Bertz CT molecular complexity index is 1430. The molecule has 2 aromatic rings. The maximum Gasteiger partial charge on any atom is 0.246 e. The lowest BCUT2D eigenvalue weighted by Crippen LogP contribution is -2.61. The number of fused-ring (bicyclic) bond motifs is 2. The van der Waals surface area contributed by atoms with E-state index in [1.807, 2.05) is 51.1 Å². The topological polar surface area (TPSA) is 160 Å². The molecule has 4 rings (SSSR count). The molecular weight excluding hydrogens is 668 g/mol. The SMILES string of the molecule is COCC(=O)N[C@H](C(=O)N1Cc2cc(OCCOCCOCCOCCOCCN)ccc2CC1C(=O)NC1CCCc2ccccc21)C(C)(C)C. The molecule has 3 amide bonds. The van der Waals surface area contributed by atoms with Gasteiger partial charge in [0, 0.05) is 26.6 Å². The number of hydrogen-bond donors (Lipinski definition) is 3. The fourth-order valence-electron chi connectivity index (χ4n) is 6.50. The van der Waals surface area contributed by atoms with Gasteiger partial charge in [0.2, 0.25) is 17.7 Å². The van der Waals surface area contributed by atoms with E-state index in [4.69, 9.17) is 34.2 Å². The zero-order chi connectivity index (χ0) is 37.3. The van der Waals surface area contributed by atoms with Crippen LogP contribution in [0.3, 0.4) is 0 Å². The highest BCUT2D eigenvalue weighted by Gasteiger charge is 2.42. The molecule has 13 heteroatoms. The van der Waals surface area contributed by atoms with Crippen molar-refractivity contribution in [1.29, 1.82) is 0 Å². The van der Waals surface area contributed by atoms with Crippen molar-refractivity contribution < 1.29 is 42.8 Å². The lowest BCUT2D eigenvalue weighted by molar-refractivity contribution is -0.147. The number of ether oxygens (including phenoxy) is 6. The summed E-state index contributed by atoms with van der Waals surface area (Å²) in [6, 6.07) is 12.2. The van der Waals surface area contributed by atoms with Gasteiger partial charge in [-0.1, -0.05) is 51.1 Å². The second kappa shape index (κ2) is 21.2. The van der Waals surface area contributed by atoms with Crippen LogP contribution >= 0.6 is 0 Å². The molecule has 1 heterocycles. The number of hydrogen-bond acceptors (Lipinski definition) is 10. The first-order valence-corrected chi connectivity index (χ1v) is 18.3. The van der Waals surface area contributed by atoms with Crippen LogP contribution in [0.15, 0.2) is 42.5 Å². The van der Waals surface area contributed by atoms with E-state index >= 15 is 0 Å². The monoisotopic (exact) mass is 726 g/mol. The average molecular weight is 727 g/mol. The van der Waals surface area contributed by atoms with Crippen LogP contribution < -0.4 is 21.1 Å². The fraction of sp³-hybridized carbons (Fsp3) is 0.615. The van der Waals surface area contributed by atoms with Crippen LogP contribution in [0.5, 0.6) is 5.75 Å². The smallest absolute Gasteiger partial charge is 0.246 e. The number of nitrogens with zero attached hydrogens (tertiary/aromatic N) is 1. The molecular formula is C39H58N4O9. The molecule has 0 saturated carbocycles. The van der Waals surface area contributed by atoms with Crippen molar-refractivity contribution >= 4 is 17.7 Å². The van der Waals surface area contributed by atoms with Crippen LogP contribution in [-0.4, -0.2) is 114 Å². The molecule has 2 aromatic carbocycles. The number of benzene rings is 2. The lowest BCUT2D eigenvalue weighted by Gasteiger charge is -2.41. The number of nitrogens with two attached hydrogens (primary N) is 1. The maximum atomic E-state index is 14.4. The number of rotatable bonds is 21. The Kier molecular flexibility index (Phi) is 16.8. The molecule has 3 atom stereocenters. The van der Waals surface area contributed by atoms with E-state index in [1.165, 1.54) is 12.7 Å². The standard InChI is InChI=1S/C39H58N4O9/c1-39(2,3)36(42-35(44)27-47-4)38(46)43-26-30-24-31(52-23-22-51-21-20-50-19-18-49-17-16-48-15-14-40)13-12-29(30)25-34(43)37(45)41-33-11-7-9-28-8-5-6-10-32(28)33/h5-6,8,10,12-13,24,33-34,36H,7,9,11,14-23,25-27,40H2,1-4H3,(H,41,45)(H,42,44)/t33?,34?,36-/m1/s1. The summed E-state index contributed by atoms with van der Waals surface area (Å²) in [7, 11) is 1.43. The highest BCUT2D eigenvalue weighted by Crippen LogP contribution is 2.33. The predicted octanol–water partition coefficient (Wildman–Crippen LogP) is 2.71. The zero-order valence-electron chi connectivity index (χ0n) is 31.3. The molecule has 2 unspecified atom stereocenters. The van der Waals surface area contributed by atoms with Gasteiger partial charge in [0.15, 0.2) is 0 Å². The molecule has 52 heavy (non-hydrogen) atoms. The summed E-state index contributed by atoms with van der Waals surface area (Å²) in [6.45, 7) is 10.3. The van der Waals surface area contributed by atoms with E-state index in [0.29, 0.717) is 78.2 Å². The third kappa shape index (κ3) is 12.5. The van der Waals surface area contributed by atoms with Crippen molar-refractivity contribution in [2.24, 2.45) is 11.1 Å². The fourth-order valence-corrected chi connectivity index (χ4v) is 6.50. The zero-order valence-corrected chi connectivity index (χ0v) is 31.3. The molecule has 1 aliphatic heterocycles. The van der Waals surface area contributed by atoms with Crippen LogP contribution in [-0.2, 0) is 57.5 Å². The third-order valence-corrected chi connectivity index (χ3v) is 9.15. The molecule has 0 radical (unpaired) electrons. The molecule has 0 saturated heterocycles. The first-order valence-electron chi connectivity index (χ1n) is 18.3. The summed E-state index contributed by atoms with van der Waals surface area (Å²) in [5, 5.41) is 6.14. The van der Waals surface area contributed by atoms with Gasteiger partial charge in [-0.3, -0.25) is 14.4 Å². The first-order chi connectivity index (χ1) is 25.1. The number of nitrogens with one attached hydrogen (secondary N) is 2. The second-order valence-electron chi connectivity index (χ2n) is 14.2. The molecule has 13 nitrogen and oxygen atoms in total. The van der Waals surface area contributed by atoms with Crippen molar-refractivity contribution in [3.05, 3.63) is 64.7 Å². The van der Waals surface area contributed by atoms with Gasteiger partial charge >= 0.3 is 0 Å². The minimum Gasteiger partial charge on any atom is -0.491 e. The number of methoxy groups -OCH3 is 1. The predicted molar refractivity (Wildman–Crippen MR) is 196 cm³/mol. The largest absolute Gasteiger partial charge is 0.491 e. The summed E-state index contributed by atoms with van der Waals surface area (Å²) in [5.74, 6) is -0.289. The molecule has 0 aromatic heterocycles. The van der Waals surface area contributed by atoms with Crippen molar-refractivity contribution in [2.75, 3.05) is 79.7 Å². The normalized spacial score (nSPS) is 17.5. The van der Waals surface area contributed by atoms with Crippen LogP contribution in [0, 0.1) is 5.41 Å². The minimum absolute atomic E-state index is 0.133. The summed E-state index contributed by atoms with van der Waals surface area (Å²) in [5.41, 5.74) is 8.96. The Morgan fingerprint density at radius 1 is 0.865 bits per heavy atom. The maximum absolute atomic E-state index is 14.4. The van der Waals surface area contributed by atoms with Crippen LogP contribution in [0.4, 0.5) is 0 Å². The van der Waals surface area contributed by atoms with Gasteiger partial charge in [-0.05, 0) is 59.1 Å². The van der Waals surface area contributed by atoms with Gasteiger partial charge in [0.05, 0.1) is 58.9 Å². The summed E-state index contributed by atoms with van der Waals surface area (Å²) < 4.78 is 32.9. The molecule has 2 aliphatic rings. The highest BCUT2D eigenvalue weighted by atomic mass is 16.6.